The lowest BCUT2D eigenvalue weighted by atomic mass is 10.2. The number of halogens is 2. The number of aromatic nitrogens is 3. The number of aryl methyl sites for hydroxylation is 1. The van der Waals surface area contributed by atoms with E-state index in [4.69, 9.17) is 0 Å². The minimum Gasteiger partial charge on any atom is -0.345 e. The van der Waals surface area contributed by atoms with Crippen molar-refractivity contribution in [3.8, 4) is 0 Å². The molecule has 0 saturated heterocycles. The van der Waals surface area contributed by atoms with Gasteiger partial charge < -0.3 is 9.88 Å². The van der Waals surface area contributed by atoms with Crippen LogP contribution in [0.15, 0.2) is 18.2 Å². The minimum atomic E-state index is -1.04. The summed E-state index contributed by atoms with van der Waals surface area (Å²) in [5.41, 5.74) is 0.0782. The highest BCUT2D eigenvalue weighted by atomic mass is 19.2. The molecule has 5 nitrogen and oxygen atoms in total. The summed E-state index contributed by atoms with van der Waals surface area (Å²) in [7, 11) is 0. The summed E-state index contributed by atoms with van der Waals surface area (Å²) >= 11 is 0. The van der Waals surface area contributed by atoms with Crippen LogP contribution < -0.4 is 5.32 Å². The van der Waals surface area contributed by atoms with Crippen LogP contribution >= 0.6 is 0 Å². The fourth-order valence-corrected chi connectivity index (χ4v) is 2.57. The smallest absolute Gasteiger partial charge is 0.251 e. The first-order valence-corrected chi connectivity index (χ1v) is 7.29. The molecule has 0 radical (unpaired) electrons. The molecule has 3 rings (SSSR count). The number of benzene rings is 1. The topological polar surface area (TPSA) is 59.8 Å². The predicted octanol–water partition coefficient (Wildman–Crippen LogP) is 2.21. The number of nitrogens with zero attached hydrogens (tertiary/aromatic N) is 3. The summed E-state index contributed by atoms with van der Waals surface area (Å²) in [6.07, 6.45) is 4.21. The first-order valence-electron chi connectivity index (χ1n) is 7.29. The Balaban J connectivity index is 1.68. The van der Waals surface area contributed by atoms with Crippen molar-refractivity contribution in [2.24, 2.45) is 0 Å². The Labute approximate surface area is 126 Å². The Hall–Kier alpha value is -2.31. The largest absolute Gasteiger partial charge is 0.345 e. The maximum atomic E-state index is 13.1. The number of amides is 1. The van der Waals surface area contributed by atoms with Crippen molar-refractivity contribution >= 4 is 5.91 Å². The molecule has 7 heteroatoms. The number of rotatable bonds is 3. The number of fused-ring (bicyclic) bond motifs is 1. The lowest BCUT2D eigenvalue weighted by Crippen LogP contribution is -2.25. The van der Waals surface area contributed by atoms with Gasteiger partial charge in [0.1, 0.15) is 5.82 Å². The second-order valence-corrected chi connectivity index (χ2v) is 5.31. The molecule has 2 heterocycles. The molecule has 0 atom stereocenters. The van der Waals surface area contributed by atoms with Gasteiger partial charge in [-0.1, -0.05) is 6.42 Å². The molecule has 116 valence electrons. The van der Waals surface area contributed by atoms with E-state index in [1.807, 2.05) is 4.57 Å². The zero-order chi connectivity index (χ0) is 15.5. The summed E-state index contributed by atoms with van der Waals surface area (Å²) in [6.45, 7) is 1.06. The SMILES string of the molecule is O=C(NCc1nnc2n1CCCCC2)c1ccc(F)c(F)c1. The molecule has 0 aliphatic carbocycles. The molecule has 1 amide bonds. The number of hydrogen-bond donors (Lipinski definition) is 1. The van der Waals surface area contributed by atoms with Gasteiger partial charge in [-0.25, -0.2) is 8.78 Å². The van der Waals surface area contributed by atoms with Gasteiger partial charge in [0.2, 0.25) is 0 Å². The van der Waals surface area contributed by atoms with Crippen LogP contribution in [0.4, 0.5) is 8.78 Å². The van der Waals surface area contributed by atoms with E-state index in [0.717, 1.165) is 50.2 Å². The van der Waals surface area contributed by atoms with E-state index in [2.05, 4.69) is 15.5 Å². The molecule has 2 aromatic rings. The molecule has 22 heavy (non-hydrogen) atoms. The first-order chi connectivity index (χ1) is 10.6. The van der Waals surface area contributed by atoms with E-state index in [1.54, 1.807) is 0 Å². The van der Waals surface area contributed by atoms with E-state index >= 15 is 0 Å². The molecular weight excluding hydrogens is 290 g/mol. The van der Waals surface area contributed by atoms with Gasteiger partial charge in [-0.15, -0.1) is 10.2 Å². The van der Waals surface area contributed by atoms with Crippen molar-refractivity contribution in [3.05, 3.63) is 47.0 Å². The van der Waals surface area contributed by atoms with E-state index in [1.165, 1.54) is 6.07 Å². The number of nitrogens with one attached hydrogen (secondary N) is 1. The third-order valence-corrected chi connectivity index (χ3v) is 3.77. The molecule has 1 aromatic carbocycles. The van der Waals surface area contributed by atoms with Gasteiger partial charge in [-0.2, -0.15) is 0 Å². The zero-order valence-corrected chi connectivity index (χ0v) is 12.0. The Kier molecular flexibility index (Phi) is 4.13. The van der Waals surface area contributed by atoms with Crippen molar-refractivity contribution in [1.29, 1.82) is 0 Å². The lowest BCUT2D eigenvalue weighted by molar-refractivity contribution is 0.0949. The molecule has 1 N–H and O–H groups in total. The maximum absolute atomic E-state index is 13.1. The van der Waals surface area contributed by atoms with Gasteiger partial charge in [0.25, 0.3) is 5.91 Å². The number of carbonyl (C=O) groups excluding carboxylic acids is 1. The van der Waals surface area contributed by atoms with Crippen molar-refractivity contribution in [1.82, 2.24) is 20.1 Å². The van der Waals surface area contributed by atoms with Crippen LogP contribution in [0.5, 0.6) is 0 Å². The first kappa shape index (κ1) is 14.6. The highest BCUT2D eigenvalue weighted by Gasteiger charge is 2.16. The van der Waals surface area contributed by atoms with E-state index < -0.39 is 17.5 Å². The summed E-state index contributed by atoms with van der Waals surface area (Å²) in [4.78, 5) is 12.0. The second kappa shape index (κ2) is 6.21. The van der Waals surface area contributed by atoms with Gasteiger partial charge >= 0.3 is 0 Å². The summed E-state index contributed by atoms with van der Waals surface area (Å²) in [5, 5.41) is 10.9. The van der Waals surface area contributed by atoms with Crippen LogP contribution in [0.25, 0.3) is 0 Å². The molecule has 0 unspecified atom stereocenters. The predicted molar refractivity (Wildman–Crippen MR) is 75.1 cm³/mol. The molecule has 1 aliphatic heterocycles. The molecule has 1 aromatic heterocycles. The van der Waals surface area contributed by atoms with Gasteiger partial charge in [0, 0.05) is 18.5 Å². The average Bonchev–Trinajstić information content (AvgIpc) is 2.74. The Morgan fingerprint density at radius 1 is 1.18 bits per heavy atom. The Morgan fingerprint density at radius 2 is 2.05 bits per heavy atom. The quantitative estimate of drug-likeness (QED) is 0.946. The van der Waals surface area contributed by atoms with Crippen LogP contribution in [0, 0.1) is 11.6 Å². The summed E-state index contributed by atoms with van der Waals surface area (Å²) < 4.78 is 28.0. The monoisotopic (exact) mass is 306 g/mol. The van der Waals surface area contributed by atoms with Gasteiger partial charge in [-0.05, 0) is 31.0 Å². The van der Waals surface area contributed by atoms with Crippen molar-refractivity contribution < 1.29 is 13.6 Å². The highest BCUT2D eigenvalue weighted by Crippen LogP contribution is 2.14. The molecular formula is C15H16F2N4O. The fourth-order valence-electron chi connectivity index (χ4n) is 2.57. The van der Waals surface area contributed by atoms with Crippen molar-refractivity contribution in [2.45, 2.75) is 38.8 Å². The van der Waals surface area contributed by atoms with E-state index in [-0.39, 0.29) is 12.1 Å². The van der Waals surface area contributed by atoms with Crippen LogP contribution in [0.2, 0.25) is 0 Å². The third kappa shape index (κ3) is 2.98. The van der Waals surface area contributed by atoms with Gasteiger partial charge in [-0.3, -0.25) is 4.79 Å². The Bertz CT molecular complexity index is 699. The summed E-state index contributed by atoms with van der Waals surface area (Å²) in [5.74, 6) is -0.851. The van der Waals surface area contributed by atoms with Crippen molar-refractivity contribution in [3.63, 3.8) is 0 Å². The average molecular weight is 306 g/mol. The molecule has 0 saturated carbocycles. The maximum Gasteiger partial charge on any atom is 0.251 e. The van der Waals surface area contributed by atoms with Gasteiger partial charge in [0.15, 0.2) is 17.5 Å². The molecule has 1 aliphatic rings. The highest BCUT2D eigenvalue weighted by molar-refractivity contribution is 5.94. The second-order valence-electron chi connectivity index (χ2n) is 5.31. The lowest BCUT2D eigenvalue weighted by Gasteiger charge is -2.08. The van der Waals surface area contributed by atoms with E-state index in [9.17, 15) is 13.6 Å². The standard InChI is InChI=1S/C15H16F2N4O/c16-11-6-5-10(8-12(11)17)15(22)18-9-14-20-19-13-4-2-1-3-7-21(13)14/h5-6,8H,1-4,7,9H2,(H,18,22). The van der Waals surface area contributed by atoms with Crippen LogP contribution in [0.1, 0.15) is 41.3 Å². The molecule has 0 fully saturated rings. The molecule has 0 bridgehead atoms. The normalized spacial score (nSPS) is 14.3. The van der Waals surface area contributed by atoms with Crippen LogP contribution in [-0.2, 0) is 19.5 Å². The van der Waals surface area contributed by atoms with E-state index in [0.29, 0.717) is 5.82 Å². The zero-order valence-electron chi connectivity index (χ0n) is 12.0. The Morgan fingerprint density at radius 3 is 2.86 bits per heavy atom. The van der Waals surface area contributed by atoms with Gasteiger partial charge in [0.05, 0.1) is 6.54 Å². The summed E-state index contributed by atoms with van der Waals surface area (Å²) in [6, 6.07) is 3.07. The number of carbonyl (C=O) groups is 1. The van der Waals surface area contributed by atoms with Crippen LogP contribution in [-0.4, -0.2) is 20.7 Å². The minimum absolute atomic E-state index is 0.0782. The molecule has 0 spiro atoms. The number of hydrogen-bond acceptors (Lipinski definition) is 3. The van der Waals surface area contributed by atoms with Crippen molar-refractivity contribution in [2.75, 3.05) is 0 Å². The van der Waals surface area contributed by atoms with Crippen LogP contribution in [0.3, 0.4) is 0 Å². The fraction of sp³-hybridized carbons (Fsp3) is 0.400. The third-order valence-electron chi connectivity index (χ3n) is 3.77.